The fourth-order valence-electron chi connectivity index (χ4n) is 2.11. The van der Waals surface area contributed by atoms with Gasteiger partial charge in [0.15, 0.2) is 0 Å². The van der Waals surface area contributed by atoms with Crippen molar-refractivity contribution in [1.82, 2.24) is 10.2 Å². The Kier molecular flexibility index (Phi) is 4.74. The molecule has 1 rings (SSSR count). The molecule has 0 aromatic rings. The molecule has 0 aromatic heterocycles. The average molecular weight is 184 g/mol. The van der Waals surface area contributed by atoms with E-state index in [0.717, 1.165) is 12.0 Å². The lowest BCUT2D eigenvalue weighted by atomic mass is 9.93. The standard InChI is InChI=1S/C11H24N2/c1-10(2)13-8-5-11(6-9-13)4-7-12-3/h10-12H,4-9H2,1-3H3. The minimum atomic E-state index is 0.741. The summed E-state index contributed by atoms with van der Waals surface area (Å²) >= 11 is 0. The van der Waals surface area contributed by atoms with Gasteiger partial charge in [0.05, 0.1) is 0 Å². The zero-order valence-corrected chi connectivity index (χ0v) is 9.34. The van der Waals surface area contributed by atoms with Crippen molar-refractivity contribution in [3.05, 3.63) is 0 Å². The summed E-state index contributed by atoms with van der Waals surface area (Å²) in [5.74, 6) is 0.974. The third-order valence-electron chi connectivity index (χ3n) is 3.18. The van der Waals surface area contributed by atoms with E-state index in [4.69, 9.17) is 0 Å². The van der Waals surface area contributed by atoms with Crippen LogP contribution in [-0.2, 0) is 0 Å². The summed E-state index contributed by atoms with van der Waals surface area (Å²) in [4.78, 5) is 2.59. The van der Waals surface area contributed by atoms with Crippen molar-refractivity contribution in [3.8, 4) is 0 Å². The number of rotatable bonds is 4. The molecule has 78 valence electrons. The van der Waals surface area contributed by atoms with Crippen LogP contribution in [0.4, 0.5) is 0 Å². The van der Waals surface area contributed by atoms with Crippen molar-refractivity contribution in [3.63, 3.8) is 0 Å². The van der Waals surface area contributed by atoms with Gasteiger partial charge in [-0.3, -0.25) is 0 Å². The topological polar surface area (TPSA) is 15.3 Å². The monoisotopic (exact) mass is 184 g/mol. The molecule has 0 saturated carbocycles. The second kappa shape index (κ2) is 5.61. The highest BCUT2D eigenvalue weighted by Crippen LogP contribution is 2.21. The van der Waals surface area contributed by atoms with Crippen LogP contribution in [0.3, 0.4) is 0 Å². The normalized spacial score (nSPS) is 21.2. The molecule has 13 heavy (non-hydrogen) atoms. The molecule has 2 nitrogen and oxygen atoms in total. The molecule has 2 heteroatoms. The molecule has 0 unspecified atom stereocenters. The van der Waals surface area contributed by atoms with Crippen LogP contribution < -0.4 is 5.32 Å². The number of hydrogen-bond donors (Lipinski definition) is 1. The zero-order chi connectivity index (χ0) is 9.68. The van der Waals surface area contributed by atoms with E-state index in [9.17, 15) is 0 Å². The fourth-order valence-corrected chi connectivity index (χ4v) is 2.11. The van der Waals surface area contributed by atoms with Crippen LogP contribution in [0.15, 0.2) is 0 Å². The minimum Gasteiger partial charge on any atom is -0.320 e. The highest BCUT2D eigenvalue weighted by atomic mass is 15.1. The zero-order valence-electron chi connectivity index (χ0n) is 9.34. The summed E-state index contributed by atoms with van der Waals surface area (Å²) < 4.78 is 0. The predicted octanol–water partition coefficient (Wildman–Crippen LogP) is 1.72. The average Bonchev–Trinajstić information content (AvgIpc) is 2.15. The van der Waals surface area contributed by atoms with Crippen LogP contribution >= 0.6 is 0 Å². The van der Waals surface area contributed by atoms with E-state index in [-0.39, 0.29) is 0 Å². The van der Waals surface area contributed by atoms with Gasteiger partial charge in [-0.05, 0) is 65.7 Å². The minimum absolute atomic E-state index is 0.741. The van der Waals surface area contributed by atoms with E-state index in [2.05, 4.69) is 24.1 Å². The van der Waals surface area contributed by atoms with Gasteiger partial charge < -0.3 is 10.2 Å². The lowest BCUT2D eigenvalue weighted by Gasteiger charge is -2.34. The third-order valence-corrected chi connectivity index (χ3v) is 3.18. The van der Waals surface area contributed by atoms with Gasteiger partial charge in [0.25, 0.3) is 0 Å². The smallest absolute Gasteiger partial charge is 0.00385 e. The Bertz CT molecular complexity index is 126. The number of nitrogens with one attached hydrogen (secondary N) is 1. The Labute approximate surface area is 82.7 Å². The molecular weight excluding hydrogens is 160 g/mol. The molecule has 0 amide bonds. The molecule has 1 saturated heterocycles. The first-order chi connectivity index (χ1) is 6.24. The van der Waals surface area contributed by atoms with Crippen LogP contribution in [0.25, 0.3) is 0 Å². The van der Waals surface area contributed by atoms with Gasteiger partial charge in [0, 0.05) is 6.04 Å². The van der Waals surface area contributed by atoms with Crippen molar-refractivity contribution in [2.75, 3.05) is 26.7 Å². The predicted molar refractivity (Wildman–Crippen MR) is 58.0 cm³/mol. The van der Waals surface area contributed by atoms with Crippen LogP contribution in [-0.4, -0.2) is 37.6 Å². The van der Waals surface area contributed by atoms with Crippen LogP contribution in [0, 0.1) is 5.92 Å². The molecule has 0 aromatic carbocycles. The second-order valence-corrected chi connectivity index (χ2v) is 4.47. The summed E-state index contributed by atoms with van der Waals surface area (Å²) in [5.41, 5.74) is 0. The lowest BCUT2D eigenvalue weighted by Crippen LogP contribution is -2.38. The van der Waals surface area contributed by atoms with Crippen molar-refractivity contribution in [2.24, 2.45) is 5.92 Å². The van der Waals surface area contributed by atoms with Gasteiger partial charge in [0.2, 0.25) is 0 Å². The molecule has 1 heterocycles. The first kappa shape index (κ1) is 11.0. The highest BCUT2D eigenvalue weighted by molar-refractivity contribution is 4.74. The third kappa shape index (κ3) is 3.65. The molecule has 1 fully saturated rings. The SMILES string of the molecule is CNCCC1CCN(C(C)C)CC1. The van der Waals surface area contributed by atoms with Crippen LogP contribution in [0.5, 0.6) is 0 Å². The Morgan fingerprint density at radius 1 is 1.31 bits per heavy atom. The first-order valence-corrected chi connectivity index (χ1v) is 5.62. The Morgan fingerprint density at radius 2 is 1.92 bits per heavy atom. The summed E-state index contributed by atoms with van der Waals surface area (Å²) in [6, 6.07) is 0.741. The van der Waals surface area contributed by atoms with Crippen LogP contribution in [0.1, 0.15) is 33.1 Å². The maximum atomic E-state index is 3.24. The van der Waals surface area contributed by atoms with Gasteiger partial charge in [-0.1, -0.05) is 0 Å². The summed E-state index contributed by atoms with van der Waals surface area (Å²) in [5, 5.41) is 3.24. The maximum absolute atomic E-state index is 3.24. The molecule has 0 radical (unpaired) electrons. The molecular formula is C11H24N2. The van der Waals surface area contributed by atoms with Gasteiger partial charge in [0.1, 0.15) is 0 Å². The van der Waals surface area contributed by atoms with Gasteiger partial charge in [-0.25, -0.2) is 0 Å². The Balaban J connectivity index is 2.15. The Hall–Kier alpha value is -0.0800. The Morgan fingerprint density at radius 3 is 2.38 bits per heavy atom. The molecule has 1 aliphatic rings. The van der Waals surface area contributed by atoms with Gasteiger partial charge in [-0.2, -0.15) is 0 Å². The lowest BCUT2D eigenvalue weighted by molar-refractivity contribution is 0.146. The number of piperidine rings is 1. The molecule has 0 atom stereocenters. The summed E-state index contributed by atoms with van der Waals surface area (Å²) in [7, 11) is 2.04. The first-order valence-electron chi connectivity index (χ1n) is 5.62. The van der Waals surface area contributed by atoms with E-state index >= 15 is 0 Å². The van der Waals surface area contributed by atoms with Crippen molar-refractivity contribution in [2.45, 2.75) is 39.2 Å². The van der Waals surface area contributed by atoms with Gasteiger partial charge >= 0.3 is 0 Å². The summed E-state index contributed by atoms with van der Waals surface area (Å²) in [6.07, 6.45) is 4.17. The molecule has 0 bridgehead atoms. The number of nitrogens with zero attached hydrogens (tertiary/aromatic N) is 1. The highest BCUT2D eigenvalue weighted by Gasteiger charge is 2.19. The van der Waals surface area contributed by atoms with E-state index < -0.39 is 0 Å². The fraction of sp³-hybridized carbons (Fsp3) is 1.00. The second-order valence-electron chi connectivity index (χ2n) is 4.47. The van der Waals surface area contributed by atoms with E-state index in [1.807, 2.05) is 7.05 Å². The van der Waals surface area contributed by atoms with Crippen molar-refractivity contribution >= 4 is 0 Å². The van der Waals surface area contributed by atoms with Crippen molar-refractivity contribution in [1.29, 1.82) is 0 Å². The molecule has 1 aliphatic heterocycles. The van der Waals surface area contributed by atoms with Gasteiger partial charge in [-0.15, -0.1) is 0 Å². The maximum Gasteiger partial charge on any atom is 0.00385 e. The van der Waals surface area contributed by atoms with Crippen molar-refractivity contribution < 1.29 is 0 Å². The van der Waals surface area contributed by atoms with E-state index in [1.54, 1.807) is 0 Å². The summed E-state index contributed by atoms with van der Waals surface area (Å²) in [6.45, 7) is 8.41. The molecule has 0 aliphatic carbocycles. The van der Waals surface area contributed by atoms with E-state index in [1.165, 1.54) is 38.9 Å². The largest absolute Gasteiger partial charge is 0.320 e. The van der Waals surface area contributed by atoms with E-state index in [0.29, 0.717) is 0 Å². The quantitative estimate of drug-likeness (QED) is 0.715. The molecule has 1 N–H and O–H groups in total. The number of hydrogen-bond acceptors (Lipinski definition) is 2. The number of likely N-dealkylation sites (tertiary alicyclic amines) is 1. The molecule has 0 spiro atoms. The van der Waals surface area contributed by atoms with Crippen LogP contribution in [0.2, 0.25) is 0 Å².